The third-order valence-electron chi connectivity index (χ3n) is 4.65. The van der Waals surface area contributed by atoms with E-state index in [1.165, 1.54) is 17.7 Å². The van der Waals surface area contributed by atoms with E-state index in [4.69, 9.17) is 0 Å². The van der Waals surface area contributed by atoms with Gasteiger partial charge in [-0.3, -0.25) is 9.59 Å². The van der Waals surface area contributed by atoms with Crippen molar-refractivity contribution in [3.8, 4) is 0 Å². The molecule has 0 heterocycles. The zero-order chi connectivity index (χ0) is 19.8. The van der Waals surface area contributed by atoms with Crippen molar-refractivity contribution in [2.24, 2.45) is 0 Å². The van der Waals surface area contributed by atoms with Gasteiger partial charge in [-0.15, -0.1) is 0 Å². The number of carbonyl (C=O) groups excluding carboxylic acids is 2. The molecule has 2 aromatic carbocycles. The van der Waals surface area contributed by atoms with E-state index < -0.39 is 6.04 Å². The number of rotatable bonds is 8. The van der Waals surface area contributed by atoms with Crippen LogP contribution in [0.15, 0.2) is 48.5 Å². The topological polar surface area (TPSA) is 49.4 Å². The van der Waals surface area contributed by atoms with Crippen LogP contribution in [-0.2, 0) is 22.6 Å². The first-order valence-electron chi connectivity index (χ1n) is 9.25. The molecule has 0 saturated heterocycles. The summed E-state index contributed by atoms with van der Waals surface area (Å²) < 4.78 is 13.2. The fraction of sp³-hybridized carbons (Fsp3) is 0.364. The zero-order valence-electron chi connectivity index (χ0n) is 16.2. The first-order valence-corrected chi connectivity index (χ1v) is 9.25. The Morgan fingerprint density at radius 2 is 1.63 bits per heavy atom. The van der Waals surface area contributed by atoms with E-state index >= 15 is 0 Å². The second kappa shape index (κ2) is 9.86. The summed E-state index contributed by atoms with van der Waals surface area (Å²) in [5.74, 6) is -0.604. The smallest absolute Gasteiger partial charge is 0.242 e. The van der Waals surface area contributed by atoms with E-state index in [2.05, 4.69) is 5.32 Å². The van der Waals surface area contributed by atoms with Crippen molar-refractivity contribution in [3.63, 3.8) is 0 Å². The normalized spacial score (nSPS) is 11.7. The van der Waals surface area contributed by atoms with Crippen LogP contribution >= 0.6 is 0 Å². The van der Waals surface area contributed by atoms with Gasteiger partial charge in [0, 0.05) is 20.0 Å². The van der Waals surface area contributed by atoms with E-state index in [9.17, 15) is 14.0 Å². The maximum absolute atomic E-state index is 13.2. The SMILES string of the molecule is CCC(C(=O)NC)N(Cc1ccc(F)cc1)C(=O)CCc1ccc(C)cc1. The lowest BCUT2D eigenvalue weighted by Gasteiger charge is -2.30. The Hall–Kier alpha value is -2.69. The second-order valence-electron chi connectivity index (χ2n) is 6.67. The van der Waals surface area contributed by atoms with Gasteiger partial charge in [0.25, 0.3) is 0 Å². The van der Waals surface area contributed by atoms with Crippen molar-refractivity contribution >= 4 is 11.8 Å². The lowest BCUT2D eigenvalue weighted by Crippen LogP contribution is -2.48. The Kier molecular flexibility index (Phi) is 7.53. The number of hydrogen-bond donors (Lipinski definition) is 1. The number of amides is 2. The predicted molar refractivity (Wildman–Crippen MR) is 105 cm³/mol. The van der Waals surface area contributed by atoms with Crippen molar-refractivity contribution < 1.29 is 14.0 Å². The van der Waals surface area contributed by atoms with Gasteiger partial charge in [0.05, 0.1) is 0 Å². The van der Waals surface area contributed by atoms with Crippen LogP contribution in [0, 0.1) is 12.7 Å². The van der Waals surface area contributed by atoms with Gasteiger partial charge < -0.3 is 10.2 Å². The highest BCUT2D eigenvalue weighted by Crippen LogP contribution is 2.16. The van der Waals surface area contributed by atoms with E-state index in [1.54, 1.807) is 24.1 Å². The molecule has 0 aliphatic carbocycles. The average Bonchev–Trinajstić information content (AvgIpc) is 2.68. The molecule has 0 aliphatic heterocycles. The van der Waals surface area contributed by atoms with E-state index in [0.717, 1.165) is 11.1 Å². The molecule has 0 fully saturated rings. The highest BCUT2D eigenvalue weighted by atomic mass is 19.1. The van der Waals surface area contributed by atoms with Crippen LogP contribution in [0.5, 0.6) is 0 Å². The molecule has 0 radical (unpaired) electrons. The standard InChI is InChI=1S/C22H27FN2O2/c1-4-20(22(27)24-3)25(15-18-9-12-19(23)13-10-18)21(26)14-11-17-7-5-16(2)6-8-17/h5-10,12-13,20H,4,11,14-15H2,1-3H3,(H,24,27). The van der Waals surface area contributed by atoms with E-state index in [0.29, 0.717) is 19.3 Å². The monoisotopic (exact) mass is 370 g/mol. The molecule has 1 atom stereocenters. The number of halogens is 1. The maximum atomic E-state index is 13.2. The minimum atomic E-state index is -0.550. The largest absolute Gasteiger partial charge is 0.357 e. The number of nitrogens with zero attached hydrogens (tertiary/aromatic N) is 1. The summed E-state index contributed by atoms with van der Waals surface area (Å²) in [6.07, 6.45) is 1.44. The summed E-state index contributed by atoms with van der Waals surface area (Å²) in [6, 6.07) is 13.6. The number of benzene rings is 2. The zero-order valence-corrected chi connectivity index (χ0v) is 16.2. The third kappa shape index (κ3) is 5.91. The molecule has 1 unspecified atom stereocenters. The van der Waals surface area contributed by atoms with Crippen LogP contribution in [0.1, 0.15) is 36.5 Å². The first kappa shape index (κ1) is 20.6. The first-order chi connectivity index (χ1) is 12.9. The van der Waals surface area contributed by atoms with Crippen molar-refractivity contribution in [2.45, 2.75) is 45.7 Å². The third-order valence-corrected chi connectivity index (χ3v) is 4.65. The molecule has 0 spiro atoms. The van der Waals surface area contributed by atoms with E-state index in [-0.39, 0.29) is 24.2 Å². The van der Waals surface area contributed by atoms with Crippen LogP contribution < -0.4 is 5.32 Å². The van der Waals surface area contributed by atoms with E-state index in [1.807, 2.05) is 38.1 Å². The van der Waals surface area contributed by atoms with Crippen LogP contribution in [0.25, 0.3) is 0 Å². The molecule has 27 heavy (non-hydrogen) atoms. The van der Waals surface area contributed by atoms with Gasteiger partial charge in [0.15, 0.2) is 0 Å². The predicted octanol–water partition coefficient (Wildman–Crippen LogP) is 3.62. The minimum absolute atomic E-state index is 0.0876. The molecule has 5 heteroatoms. The van der Waals surface area contributed by atoms with Crippen LogP contribution in [-0.4, -0.2) is 29.8 Å². The number of carbonyl (C=O) groups is 2. The van der Waals surface area contributed by atoms with Crippen molar-refractivity contribution in [1.82, 2.24) is 10.2 Å². The molecule has 2 aromatic rings. The Morgan fingerprint density at radius 3 is 2.19 bits per heavy atom. The molecule has 0 aromatic heterocycles. The lowest BCUT2D eigenvalue weighted by atomic mass is 10.1. The van der Waals surface area contributed by atoms with Gasteiger partial charge in [-0.2, -0.15) is 0 Å². The highest BCUT2D eigenvalue weighted by molar-refractivity contribution is 5.87. The lowest BCUT2D eigenvalue weighted by molar-refractivity contribution is -0.141. The summed E-state index contributed by atoms with van der Waals surface area (Å²) in [7, 11) is 1.57. The van der Waals surface area contributed by atoms with Crippen LogP contribution in [0.3, 0.4) is 0 Å². The summed E-state index contributed by atoms with van der Waals surface area (Å²) >= 11 is 0. The van der Waals surface area contributed by atoms with Gasteiger partial charge in [0.1, 0.15) is 11.9 Å². The molecule has 0 aliphatic rings. The molecule has 0 bridgehead atoms. The van der Waals surface area contributed by atoms with Gasteiger partial charge >= 0.3 is 0 Å². The van der Waals surface area contributed by atoms with Crippen molar-refractivity contribution in [3.05, 3.63) is 71.0 Å². The summed E-state index contributed by atoms with van der Waals surface area (Å²) in [5, 5.41) is 2.63. The molecule has 0 saturated carbocycles. The summed E-state index contributed by atoms with van der Waals surface area (Å²) in [5.41, 5.74) is 3.06. The molecule has 4 nitrogen and oxygen atoms in total. The molecular formula is C22H27FN2O2. The molecule has 2 rings (SSSR count). The fourth-order valence-corrected chi connectivity index (χ4v) is 3.02. The Labute approximate surface area is 160 Å². The average molecular weight is 370 g/mol. The van der Waals surface area contributed by atoms with Gasteiger partial charge in [-0.1, -0.05) is 48.9 Å². The van der Waals surface area contributed by atoms with Crippen molar-refractivity contribution in [2.75, 3.05) is 7.05 Å². The van der Waals surface area contributed by atoms with Crippen molar-refractivity contribution in [1.29, 1.82) is 0 Å². The number of nitrogens with one attached hydrogen (secondary N) is 1. The number of likely N-dealkylation sites (N-methyl/N-ethyl adjacent to an activating group) is 1. The van der Waals surface area contributed by atoms with Gasteiger partial charge in [0.2, 0.25) is 11.8 Å². The fourth-order valence-electron chi connectivity index (χ4n) is 3.02. The molecular weight excluding hydrogens is 343 g/mol. The number of hydrogen-bond acceptors (Lipinski definition) is 2. The quantitative estimate of drug-likeness (QED) is 0.772. The molecule has 2 amide bonds. The molecule has 1 N–H and O–H groups in total. The van der Waals surface area contributed by atoms with Crippen LogP contribution in [0.2, 0.25) is 0 Å². The highest BCUT2D eigenvalue weighted by Gasteiger charge is 2.27. The summed E-state index contributed by atoms with van der Waals surface area (Å²) in [6.45, 7) is 4.18. The molecule has 144 valence electrons. The number of aryl methyl sites for hydroxylation is 2. The maximum Gasteiger partial charge on any atom is 0.242 e. The van der Waals surface area contributed by atoms with Crippen LogP contribution in [0.4, 0.5) is 4.39 Å². The Morgan fingerprint density at radius 1 is 1.04 bits per heavy atom. The Bertz CT molecular complexity index is 757. The second-order valence-corrected chi connectivity index (χ2v) is 6.67. The summed E-state index contributed by atoms with van der Waals surface area (Å²) in [4.78, 5) is 26.8. The minimum Gasteiger partial charge on any atom is -0.357 e. The van der Waals surface area contributed by atoms with Gasteiger partial charge in [-0.05, 0) is 43.0 Å². The Balaban J connectivity index is 2.15. The van der Waals surface area contributed by atoms with Gasteiger partial charge in [-0.25, -0.2) is 4.39 Å².